The Morgan fingerprint density at radius 2 is 1.88 bits per heavy atom. The van der Waals surface area contributed by atoms with Gasteiger partial charge in [0.1, 0.15) is 11.8 Å². The van der Waals surface area contributed by atoms with E-state index in [1.165, 1.54) is 0 Å². The summed E-state index contributed by atoms with van der Waals surface area (Å²) in [6.45, 7) is 0. The molecule has 0 aliphatic rings. The molecule has 0 heterocycles. The fraction of sp³-hybridized carbons (Fsp3) is 0.0714. The summed E-state index contributed by atoms with van der Waals surface area (Å²) in [6, 6.07) is 15.2. The first-order chi connectivity index (χ1) is 8.24. The van der Waals surface area contributed by atoms with E-state index >= 15 is 0 Å². The number of hydrogen-bond acceptors (Lipinski definition) is 3. The molecular weight excluding hydrogens is 212 g/mol. The predicted molar refractivity (Wildman–Crippen MR) is 67.6 cm³/mol. The van der Waals surface area contributed by atoms with Gasteiger partial charge in [0.2, 0.25) is 0 Å². The number of ether oxygens (including phenoxy) is 1. The topological polar surface area (TPSA) is 59.0 Å². The van der Waals surface area contributed by atoms with Crippen molar-refractivity contribution < 1.29 is 4.74 Å². The highest BCUT2D eigenvalue weighted by Crippen LogP contribution is 2.26. The molecule has 0 fully saturated rings. The number of anilines is 1. The summed E-state index contributed by atoms with van der Waals surface area (Å²) in [5, 5.41) is 8.81. The van der Waals surface area contributed by atoms with Crippen LogP contribution in [0.3, 0.4) is 0 Å². The van der Waals surface area contributed by atoms with Gasteiger partial charge in [-0.1, -0.05) is 18.2 Å². The van der Waals surface area contributed by atoms with E-state index in [4.69, 9.17) is 15.7 Å². The van der Waals surface area contributed by atoms with Crippen molar-refractivity contribution in [2.75, 3.05) is 12.8 Å². The maximum absolute atomic E-state index is 8.81. The van der Waals surface area contributed by atoms with Gasteiger partial charge >= 0.3 is 0 Å². The van der Waals surface area contributed by atoms with E-state index in [1.54, 1.807) is 19.2 Å². The summed E-state index contributed by atoms with van der Waals surface area (Å²) in [5.74, 6) is 0.797. The molecule has 0 unspecified atom stereocenters. The molecule has 0 radical (unpaired) electrons. The van der Waals surface area contributed by atoms with E-state index in [0.717, 1.165) is 16.9 Å². The Kier molecular flexibility index (Phi) is 2.97. The SMILES string of the molecule is COc1cccc(-c2ccc(C#N)c(N)c2)c1. The first-order valence-electron chi connectivity index (χ1n) is 5.18. The molecular formula is C14H12N2O. The van der Waals surface area contributed by atoms with Gasteiger partial charge in [-0.2, -0.15) is 5.26 Å². The first-order valence-corrected chi connectivity index (χ1v) is 5.18. The molecule has 0 amide bonds. The molecule has 3 heteroatoms. The van der Waals surface area contributed by atoms with Crippen LogP contribution in [0.4, 0.5) is 5.69 Å². The first kappa shape index (κ1) is 11.0. The van der Waals surface area contributed by atoms with Crippen LogP contribution >= 0.6 is 0 Å². The van der Waals surface area contributed by atoms with Gasteiger partial charge in [-0.15, -0.1) is 0 Å². The van der Waals surface area contributed by atoms with Gasteiger partial charge in [0.25, 0.3) is 0 Å². The maximum Gasteiger partial charge on any atom is 0.119 e. The van der Waals surface area contributed by atoms with Crippen molar-refractivity contribution in [2.45, 2.75) is 0 Å². The standard InChI is InChI=1S/C14H12N2O/c1-17-13-4-2-3-10(7-13)11-5-6-12(9-15)14(16)8-11/h2-8H,16H2,1H3. The van der Waals surface area contributed by atoms with Crippen molar-refractivity contribution in [3.05, 3.63) is 48.0 Å². The van der Waals surface area contributed by atoms with Gasteiger partial charge in [0.05, 0.1) is 18.4 Å². The fourth-order valence-corrected chi connectivity index (χ4v) is 1.65. The van der Waals surface area contributed by atoms with Crippen LogP contribution in [-0.4, -0.2) is 7.11 Å². The quantitative estimate of drug-likeness (QED) is 0.798. The number of nitriles is 1. The number of benzene rings is 2. The van der Waals surface area contributed by atoms with E-state index in [2.05, 4.69) is 0 Å². The minimum Gasteiger partial charge on any atom is -0.497 e. The second kappa shape index (κ2) is 4.58. The normalized spacial score (nSPS) is 9.65. The molecule has 17 heavy (non-hydrogen) atoms. The van der Waals surface area contributed by atoms with Crippen LogP contribution in [0, 0.1) is 11.3 Å². The zero-order chi connectivity index (χ0) is 12.3. The molecule has 0 atom stereocenters. The molecule has 0 saturated heterocycles. The highest BCUT2D eigenvalue weighted by Gasteiger charge is 2.03. The molecule has 0 aromatic heterocycles. The lowest BCUT2D eigenvalue weighted by Crippen LogP contribution is -1.91. The Morgan fingerprint density at radius 3 is 2.53 bits per heavy atom. The highest BCUT2D eigenvalue weighted by molar-refractivity contribution is 5.71. The zero-order valence-corrected chi connectivity index (χ0v) is 9.47. The Hall–Kier alpha value is -2.47. The van der Waals surface area contributed by atoms with Crippen LogP contribution in [0.1, 0.15) is 5.56 Å². The van der Waals surface area contributed by atoms with E-state index < -0.39 is 0 Å². The lowest BCUT2D eigenvalue weighted by atomic mass is 10.0. The second-order valence-corrected chi connectivity index (χ2v) is 3.65. The van der Waals surface area contributed by atoms with Crippen molar-refractivity contribution in [3.63, 3.8) is 0 Å². The van der Waals surface area contributed by atoms with Gasteiger partial charge in [0, 0.05) is 0 Å². The summed E-state index contributed by atoms with van der Waals surface area (Å²) in [4.78, 5) is 0. The van der Waals surface area contributed by atoms with Gasteiger partial charge < -0.3 is 10.5 Å². The van der Waals surface area contributed by atoms with E-state index in [9.17, 15) is 0 Å². The van der Waals surface area contributed by atoms with Crippen LogP contribution in [0.2, 0.25) is 0 Å². The largest absolute Gasteiger partial charge is 0.497 e. The Morgan fingerprint density at radius 1 is 1.12 bits per heavy atom. The fourth-order valence-electron chi connectivity index (χ4n) is 1.65. The molecule has 0 aliphatic heterocycles. The van der Waals surface area contributed by atoms with Crippen LogP contribution in [0.5, 0.6) is 5.75 Å². The smallest absolute Gasteiger partial charge is 0.119 e. The van der Waals surface area contributed by atoms with Crippen LogP contribution in [0.15, 0.2) is 42.5 Å². The number of nitrogens with zero attached hydrogens (tertiary/aromatic N) is 1. The molecule has 0 spiro atoms. The monoisotopic (exact) mass is 224 g/mol. The summed E-state index contributed by atoms with van der Waals surface area (Å²) in [6.07, 6.45) is 0. The molecule has 0 aliphatic carbocycles. The Bertz CT molecular complexity index is 585. The summed E-state index contributed by atoms with van der Waals surface area (Å²) < 4.78 is 5.17. The Balaban J connectivity index is 2.46. The second-order valence-electron chi connectivity index (χ2n) is 3.65. The maximum atomic E-state index is 8.81. The molecule has 2 rings (SSSR count). The third-order valence-corrected chi connectivity index (χ3v) is 2.58. The van der Waals surface area contributed by atoms with Crippen molar-refractivity contribution in [1.82, 2.24) is 0 Å². The minimum absolute atomic E-state index is 0.493. The third kappa shape index (κ3) is 2.21. The molecule has 2 aromatic carbocycles. The molecule has 0 bridgehead atoms. The van der Waals surface area contributed by atoms with Gasteiger partial charge in [-0.3, -0.25) is 0 Å². The summed E-state index contributed by atoms with van der Waals surface area (Å²) in [5.41, 5.74) is 8.76. The van der Waals surface area contributed by atoms with Crippen molar-refractivity contribution in [1.29, 1.82) is 5.26 Å². The van der Waals surface area contributed by atoms with E-state index in [1.807, 2.05) is 36.4 Å². The number of nitrogens with two attached hydrogens (primary N) is 1. The van der Waals surface area contributed by atoms with Crippen LogP contribution < -0.4 is 10.5 Å². The average molecular weight is 224 g/mol. The Labute approximate surface area is 100 Å². The number of hydrogen-bond donors (Lipinski definition) is 1. The summed E-state index contributed by atoms with van der Waals surface area (Å²) >= 11 is 0. The minimum atomic E-state index is 0.493. The molecule has 0 saturated carbocycles. The third-order valence-electron chi connectivity index (χ3n) is 2.58. The molecule has 3 nitrogen and oxygen atoms in total. The van der Waals surface area contributed by atoms with Crippen LogP contribution in [-0.2, 0) is 0 Å². The number of rotatable bonds is 2. The van der Waals surface area contributed by atoms with Crippen molar-refractivity contribution in [2.24, 2.45) is 0 Å². The van der Waals surface area contributed by atoms with E-state index in [0.29, 0.717) is 11.3 Å². The lowest BCUT2D eigenvalue weighted by molar-refractivity contribution is 0.415. The highest BCUT2D eigenvalue weighted by atomic mass is 16.5. The zero-order valence-electron chi connectivity index (χ0n) is 9.47. The molecule has 84 valence electrons. The number of nitrogen functional groups attached to an aromatic ring is 1. The van der Waals surface area contributed by atoms with E-state index in [-0.39, 0.29) is 0 Å². The predicted octanol–water partition coefficient (Wildman–Crippen LogP) is 2.82. The summed E-state index contributed by atoms with van der Waals surface area (Å²) in [7, 11) is 1.63. The molecule has 2 aromatic rings. The molecule has 2 N–H and O–H groups in total. The van der Waals surface area contributed by atoms with Gasteiger partial charge in [-0.05, 0) is 35.4 Å². The average Bonchev–Trinajstić information content (AvgIpc) is 2.38. The number of methoxy groups -OCH3 is 1. The van der Waals surface area contributed by atoms with Crippen molar-refractivity contribution >= 4 is 5.69 Å². The van der Waals surface area contributed by atoms with Gasteiger partial charge in [-0.25, -0.2) is 0 Å². The lowest BCUT2D eigenvalue weighted by Gasteiger charge is -2.06. The van der Waals surface area contributed by atoms with Crippen LogP contribution in [0.25, 0.3) is 11.1 Å². The van der Waals surface area contributed by atoms with Crippen molar-refractivity contribution in [3.8, 4) is 22.9 Å². The van der Waals surface area contributed by atoms with Gasteiger partial charge in [0.15, 0.2) is 0 Å².